The van der Waals surface area contributed by atoms with Crippen LogP contribution in [0.3, 0.4) is 0 Å². The lowest BCUT2D eigenvalue weighted by molar-refractivity contribution is -0.115. The van der Waals surface area contributed by atoms with Crippen LogP contribution in [-0.4, -0.2) is 57.4 Å². The van der Waals surface area contributed by atoms with Crippen LogP contribution in [0.2, 0.25) is 0 Å². The van der Waals surface area contributed by atoms with E-state index < -0.39 is 0 Å². The molecule has 166 valence electrons. The Kier molecular flexibility index (Phi) is 5.52. The molecule has 1 fully saturated rings. The Bertz CT molecular complexity index is 1130. The Morgan fingerprint density at radius 3 is 2.81 bits per heavy atom. The van der Waals surface area contributed by atoms with Crippen molar-refractivity contribution in [3.63, 3.8) is 0 Å². The lowest BCUT2D eigenvalue weighted by atomic mass is 9.96. The van der Waals surface area contributed by atoms with Crippen LogP contribution in [0.15, 0.2) is 24.7 Å². The van der Waals surface area contributed by atoms with Gasteiger partial charge in [-0.3, -0.25) is 9.89 Å². The number of hydrogen-bond acceptors (Lipinski definition) is 7. The van der Waals surface area contributed by atoms with Crippen molar-refractivity contribution in [1.82, 2.24) is 25.1 Å². The maximum Gasteiger partial charge on any atom is 0.245 e. The Morgan fingerprint density at radius 1 is 1.22 bits per heavy atom. The minimum atomic E-state index is -0.386. The number of benzene rings is 1. The number of ether oxygens (including phenoxy) is 1. The molecule has 2 aliphatic rings. The van der Waals surface area contributed by atoms with Crippen molar-refractivity contribution in [2.24, 2.45) is 5.92 Å². The molecule has 0 unspecified atom stereocenters. The molecule has 0 saturated carbocycles. The van der Waals surface area contributed by atoms with Crippen molar-refractivity contribution >= 4 is 17.5 Å². The molecule has 1 amide bonds. The van der Waals surface area contributed by atoms with Crippen LogP contribution in [-0.2, 0) is 9.53 Å². The first kappa shape index (κ1) is 20.5. The van der Waals surface area contributed by atoms with Gasteiger partial charge in [-0.15, -0.1) is 0 Å². The summed E-state index contributed by atoms with van der Waals surface area (Å²) in [7, 11) is 0. The van der Waals surface area contributed by atoms with Crippen molar-refractivity contribution < 1.29 is 13.9 Å². The number of halogens is 1. The maximum absolute atomic E-state index is 15.1. The number of nitrogens with zero attached hydrogens (tertiary/aromatic N) is 5. The molecular formula is C22H24FN7O2. The summed E-state index contributed by atoms with van der Waals surface area (Å²) >= 11 is 0. The number of hydrogen-bond donors (Lipinski definition) is 2. The van der Waals surface area contributed by atoms with Crippen molar-refractivity contribution in [2.45, 2.75) is 26.2 Å². The predicted octanol–water partition coefficient (Wildman–Crippen LogP) is 2.95. The van der Waals surface area contributed by atoms with Gasteiger partial charge in [-0.05, 0) is 43.7 Å². The number of carbonyl (C=O) groups is 1. The lowest BCUT2D eigenvalue weighted by Crippen LogP contribution is -2.40. The summed E-state index contributed by atoms with van der Waals surface area (Å²) in [6.45, 7) is 4.23. The average molecular weight is 437 g/mol. The van der Waals surface area contributed by atoms with E-state index in [0.29, 0.717) is 52.3 Å². The second-order valence-electron chi connectivity index (χ2n) is 8.18. The second kappa shape index (κ2) is 8.62. The number of carbonyl (C=O) groups excluding carboxylic acids is 1. The normalized spacial score (nSPS) is 16.7. The number of amides is 1. The highest BCUT2D eigenvalue weighted by atomic mass is 19.1. The topological polar surface area (TPSA) is 109 Å². The summed E-state index contributed by atoms with van der Waals surface area (Å²) in [6, 6.07) is 3.46. The molecule has 0 radical (unpaired) electrons. The first-order valence-electron chi connectivity index (χ1n) is 10.7. The van der Waals surface area contributed by atoms with Gasteiger partial charge in [0.1, 0.15) is 12.1 Å². The van der Waals surface area contributed by atoms with Crippen molar-refractivity contribution in [3.05, 3.63) is 36.0 Å². The quantitative estimate of drug-likeness (QED) is 0.632. The first-order valence-corrected chi connectivity index (χ1v) is 10.7. The molecule has 0 spiro atoms. The summed E-state index contributed by atoms with van der Waals surface area (Å²) in [5.74, 6) is 1.51. The molecule has 1 saturated heterocycles. The average Bonchev–Trinajstić information content (AvgIpc) is 3.34. The molecule has 0 aliphatic carbocycles. The van der Waals surface area contributed by atoms with Crippen LogP contribution in [0, 0.1) is 18.7 Å². The van der Waals surface area contributed by atoms with Gasteiger partial charge in [0.05, 0.1) is 24.0 Å². The fourth-order valence-corrected chi connectivity index (χ4v) is 4.28. The van der Waals surface area contributed by atoms with Gasteiger partial charge in [0.2, 0.25) is 5.91 Å². The molecule has 1 aromatic carbocycles. The minimum absolute atomic E-state index is 0.106. The van der Waals surface area contributed by atoms with Crippen LogP contribution in [0.1, 0.15) is 24.8 Å². The third-order valence-electron chi connectivity index (χ3n) is 6.13. The molecule has 3 aromatic rings. The molecule has 2 N–H and O–H groups in total. The van der Waals surface area contributed by atoms with E-state index in [-0.39, 0.29) is 18.3 Å². The molecular weight excluding hydrogens is 413 g/mol. The summed E-state index contributed by atoms with van der Waals surface area (Å²) < 4.78 is 20.5. The zero-order chi connectivity index (χ0) is 22.1. The van der Waals surface area contributed by atoms with Crippen molar-refractivity contribution in [2.75, 3.05) is 36.5 Å². The van der Waals surface area contributed by atoms with Gasteiger partial charge in [0, 0.05) is 25.3 Å². The lowest BCUT2D eigenvalue weighted by Gasteiger charge is -2.31. The molecule has 4 heterocycles. The highest BCUT2D eigenvalue weighted by Gasteiger charge is 2.27. The van der Waals surface area contributed by atoms with E-state index in [1.165, 1.54) is 6.33 Å². The number of fused-ring (bicyclic) bond motifs is 1. The summed E-state index contributed by atoms with van der Waals surface area (Å²) in [4.78, 5) is 27.4. The molecule has 0 atom stereocenters. The van der Waals surface area contributed by atoms with Crippen molar-refractivity contribution in [3.8, 4) is 22.6 Å². The standard InChI is InChI=1S/C22H24FN7O2/c1-13-15(2-3-16(19(13)23)20-25-12-26-29-20)17-10-24-21-22(27-17)30(11-18(31)28-21)7-4-14-5-8-32-9-6-14/h2-3,10,12,14H,4-9,11H2,1H3,(H,24,28,31)(H,25,26,29). The summed E-state index contributed by atoms with van der Waals surface area (Å²) in [5, 5.41) is 9.27. The van der Waals surface area contributed by atoms with E-state index in [2.05, 4.69) is 25.5 Å². The van der Waals surface area contributed by atoms with Crippen LogP contribution in [0.5, 0.6) is 0 Å². The Hall–Kier alpha value is -3.40. The maximum atomic E-state index is 15.1. The first-order chi connectivity index (χ1) is 15.6. The van der Waals surface area contributed by atoms with E-state index in [1.54, 1.807) is 25.3 Å². The Morgan fingerprint density at radius 2 is 2.03 bits per heavy atom. The zero-order valence-electron chi connectivity index (χ0n) is 17.8. The van der Waals surface area contributed by atoms with Gasteiger partial charge in [0.15, 0.2) is 17.5 Å². The predicted molar refractivity (Wildman–Crippen MR) is 117 cm³/mol. The van der Waals surface area contributed by atoms with Gasteiger partial charge in [-0.1, -0.05) is 6.07 Å². The van der Waals surface area contributed by atoms with Gasteiger partial charge < -0.3 is 15.0 Å². The molecule has 10 heteroatoms. The SMILES string of the molecule is Cc1c(-c2cnc3c(n2)N(CCC2CCOCC2)CC(=O)N3)ccc(-c2ncn[nH]2)c1F. The number of aromatic nitrogens is 5. The Labute approximate surface area is 184 Å². The monoisotopic (exact) mass is 437 g/mol. The van der Waals surface area contributed by atoms with E-state index in [4.69, 9.17) is 9.72 Å². The third kappa shape index (κ3) is 3.93. The van der Waals surface area contributed by atoms with E-state index >= 15 is 4.39 Å². The number of anilines is 2. The van der Waals surface area contributed by atoms with Crippen LogP contribution in [0.4, 0.5) is 16.0 Å². The fourth-order valence-electron chi connectivity index (χ4n) is 4.28. The number of nitrogens with one attached hydrogen (secondary N) is 2. The van der Waals surface area contributed by atoms with Crippen LogP contribution >= 0.6 is 0 Å². The smallest absolute Gasteiger partial charge is 0.245 e. The molecule has 2 aliphatic heterocycles. The van der Waals surface area contributed by atoms with Gasteiger partial charge in [0.25, 0.3) is 0 Å². The summed E-state index contributed by atoms with van der Waals surface area (Å²) in [6.07, 6.45) is 5.94. The highest BCUT2D eigenvalue weighted by Crippen LogP contribution is 2.33. The Balaban J connectivity index is 1.44. The third-order valence-corrected chi connectivity index (χ3v) is 6.13. The molecule has 5 rings (SSSR count). The summed E-state index contributed by atoms with van der Waals surface area (Å²) in [5.41, 5.74) is 1.99. The second-order valence-corrected chi connectivity index (χ2v) is 8.18. The zero-order valence-corrected chi connectivity index (χ0v) is 17.8. The largest absolute Gasteiger partial charge is 0.381 e. The van der Waals surface area contributed by atoms with Crippen LogP contribution < -0.4 is 10.2 Å². The van der Waals surface area contributed by atoms with Crippen molar-refractivity contribution in [1.29, 1.82) is 0 Å². The van der Waals surface area contributed by atoms with Gasteiger partial charge in [-0.2, -0.15) is 5.10 Å². The van der Waals surface area contributed by atoms with E-state index in [9.17, 15) is 4.79 Å². The molecule has 9 nitrogen and oxygen atoms in total. The minimum Gasteiger partial charge on any atom is -0.381 e. The van der Waals surface area contributed by atoms with E-state index in [1.807, 2.05) is 4.90 Å². The molecule has 2 aromatic heterocycles. The number of aromatic amines is 1. The molecule has 0 bridgehead atoms. The highest BCUT2D eigenvalue weighted by molar-refractivity contribution is 5.99. The molecule has 32 heavy (non-hydrogen) atoms. The van der Waals surface area contributed by atoms with Gasteiger partial charge in [-0.25, -0.2) is 19.3 Å². The van der Waals surface area contributed by atoms with Crippen LogP contribution in [0.25, 0.3) is 22.6 Å². The van der Waals surface area contributed by atoms with Gasteiger partial charge >= 0.3 is 0 Å². The number of H-pyrrole nitrogens is 1. The number of rotatable bonds is 5. The fraction of sp³-hybridized carbons (Fsp3) is 0.409. The van der Waals surface area contributed by atoms with E-state index in [0.717, 1.165) is 32.5 Å².